The molecule has 0 saturated carbocycles. The summed E-state index contributed by atoms with van der Waals surface area (Å²) in [5.74, 6) is 0. The minimum atomic E-state index is 0.699. The van der Waals surface area contributed by atoms with Crippen molar-refractivity contribution in [2.45, 2.75) is 0 Å². The summed E-state index contributed by atoms with van der Waals surface area (Å²) in [6.07, 6.45) is 6.01. The number of aromatic nitrogens is 6. The first-order valence-electron chi connectivity index (χ1n) is 2.95. The first-order valence-corrected chi connectivity index (χ1v) is 2.95. The summed E-state index contributed by atoms with van der Waals surface area (Å²) in [5, 5.41) is 11.0. The molecule has 2 aromatic heterocycles. The highest BCUT2D eigenvalue weighted by molar-refractivity contribution is 5.18. The summed E-state index contributed by atoms with van der Waals surface area (Å²) >= 11 is 0. The van der Waals surface area contributed by atoms with E-state index in [4.69, 9.17) is 0 Å². The predicted molar refractivity (Wildman–Crippen MR) is 34.7 cm³/mol. The van der Waals surface area contributed by atoms with Crippen LogP contribution in [0.4, 0.5) is 0 Å². The zero-order chi connectivity index (χ0) is 7.52. The van der Waals surface area contributed by atoms with E-state index in [0.717, 1.165) is 0 Å². The van der Waals surface area contributed by atoms with E-state index in [1.807, 2.05) is 0 Å². The Hall–Kier alpha value is -1.85. The van der Waals surface area contributed by atoms with E-state index >= 15 is 0 Å². The van der Waals surface area contributed by atoms with Gasteiger partial charge in [0.05, 0.1) is 12.4 Å². The van der Waals surface area contributed by atoms with Crippen molar-refractivity contribution in [3.05, 3.63) is 25.0 Å². The molecule has 0 N–H and O–H groups in total. The van der Waals surface area contributed by atoms with Crippen molar-refractivity contribution >= 4 is 0 Å². The summed E-state index contributed by atoms with van der Waals surface area (Å²) in [6, 6.07) is 0. The molecule has 2 rings (SSSR count). The first-order chi connectivity index (χ1) is 5.47. The van der Waals surface area contributed by atoms with Gasteiger partial charge >= 0.3 is 0 Å². The molecule has 11 heavy (non-hydrogen) atoms. The van der Waals surface area contributed by atoms with Gasteiger partial charge in [-0.25, -0.2) is 9.97 Å². The largest absolute Gasteiger partial charge is 0.242 e. The van der Waals surface area contributed by atoms with Gasteiger partial charge in [-0.1, -0.05) is 0 Å². The van der Waals surface area contributed by atoms with Crippen LogP contribution in [0.15, 0.2) is 25.0 Å². The summed E-state index contributed by atoms with van der Waals surface area (Å²) in [5.41, 5.74) is 0.699. The van der Waals surface area contributed by atoms with Gasteiger partial charge in [0.15, 0.2) is 6.33 Å². The highest BCUT2D eigenvalue weighted by Crippen LogP contribution is 1.95. The number of tetrazole rings is 1. The van der Waals surface area contributed by atoms with Crippen LogP contribution in [0, 0.1) is 0 Å². The average Bonchev–Trinajstić information content (AvgIpc) is 2.58. The third-order valence-corrected chi connectivity index (χ3v) is 1.13. The Balaban J connectivity index is 2.46. The van der Waals surface area contributed by atoms with Gasteiger partial charge in [0.2, 0.25) is 0 Å². The van der Waals surface area contributed by atoms with E-state index in [0.29, 0.717) is 5.69 Å². The summed E-state index contributed by atoms with van der Waals surface area (Å²) in [6.45, 7) is 0. The molecule has 6 heteroatoms. The number of nitrogens with zero attached hydrogens (tertiary/aromatic N) is 6. The van der Waals surface area contributed by atoms with Crippen molar-refractivity contribution in [1.29, 1.82) is 0 Å². The molecule has 0 spiro atoms. The molecule has 0 amide bonds. The van der Waals surface area contributed by atoms with Gasteiger partial charge in [-0.15, -0.1) is 15.0 Å². The van der Waals surface area contributed by atoms with Crippen LogP contribution in [0.3, 0.4) is 0 Å². The lowest BCUT2D eigenvalue weighted by Gasteiger charge is -1.92. The van der Waals surface area contributed by atoms with E-state index in [2.05, 4.69) is 25.4 Å². The third-order valence-electron chi connectivity index (χ3n) is 1.13. The molecule has 0 radical (unpaired) electrons. The zero-order valence-electron chi connectivity index (χ0n) is 5.49. The van der Waals surface area contributed by atoms with Gasteiger partial charge in [0, 0.05) is 0 Å². The molecule has 0 aromatic carbocycles. The fourth-order valence-electron chi connectivity index (χ4n) is 0.680. The van der Waals surface area contributed by atoms with Crippen LogP contribution in [0.1, 0.15) is 0 Å². The van der Waals surface area contributed by atoms with Gasteiger partial charge in [-0.3, -0.25) is 0 Å². The minimum absolute atomic E-state index is 0.699. The topological polar surface area (TPSA) is 69.4 Å². The van der Waals surface area contributed by atoms with Crippen LogP contribution in [0.25, 0.3) is 5.69 Å². The molecular formula is C5H4N6. The lowest BCUT2D eigenvalue weighted by Crippen LogP contribution is -1.99. The lowest BCUT2D eigenvalue weighted by atomic mass is 10.6. The SMILES string of the molecule is c1ncc(-n2ncnn2)cn1. The second-order valence-electron chi connectivity index (χ2n) is 1.82. The molecule has 0 saturated heterocycles. The molecular weight excluding hydrogens is 144 g/mol. The maximum atomic E-state index is 3.80. The Morgan fingerprint density at radius 3 is 2.55 bits per heavy atom. The third kappa shape index (κ3) is 1.05. The van der Waals surface area contributed by atoms with E-state index < -0.39 is 0 Å². The van der Waals surface area contributed by atoms with Crippen LogP contribution in [0.5, 0.6) is 0 Å². The minimum Gasteiger partial charge on any atom is -0.242 e. The van der Waals surface area contributed by atoms with Crippen molar-refractivity contribution in [3.63, 3.8) is 0 Å². The van der Waals surface area contributed by atoms with Crippen molar-refractivity contribution < 1.29 is 0 Å². The van der Waals surface area contributed by atoms with Crippen molar-refractivity contribution in [2.24, 2.45) is 0 Å². The Labute approximate surface area is 61.9 Å². The smallest absolute Gasteiger partial charge is 0.162 e. The molecule has 2 aromatic rings. The summed E-state index contributed by atoms with van der Waals surface area (Å²) < 4.78 is 0. The van der Waals surface area contributed by atoms with E-state index in [1.54, 1.807) is 12.4 Å². The highest BCUT2D eigenvalue weighted by Gasteiger charge is 1.95. The Bertz CT molecular complexity index is 314. The zero-order valence-corrected chi connectivity index (χ0v) is 5.49. The van der Waals surface area contributed by atoms with Gasteiger partial charge in [-0.05, 0) is 5.21 Å². The fourth-order valence-corrected chi connectivity index (χ4v) is 0.680. The molecule has 6 nitrogen and oxygen atoms in total. The maximum Gasteiger partial charge on any atom is 0.162 e. The van der Waals surface area contributed by atoms with Gasteiger partial charge in [0.25, 0.3) is 0 Å². The van der Waals surface area contributed by atoms with E-state index in [1.165, 1.54) is 17.5 Å². The fraction of sp³-hybridized carbons (Fsp3) is 0. The molecule has 54 valence electrons. The number of hydrogen-bond acceptors (Lipinski definition) is 5. The average molecular weight is 148 g/mol. The van der Waals surface area contributed by atoms with Crippen LogP contribution < -0.4 is 0 Å². The molecule has 2 heterocycles. The van der Waals surface area contributed by atoms with Crippen LogP contribution in [0.2, 0.25) is 0 Å². The maximum absolute atomic E-state index is 3.80. The Kier molecular flexibility index (Phi) is 1.29. The molecule has 0 aliphatic carbocycles. The quantitative estimate of drug-likeness (QED) is 0.542. The Morgan fingerprint density at radius 2 is 1.91 bits per heavy atom. The van der Waals surface area contributed by atoms with Gasteiger partial charge in [-0.2, -0.15) is 0 Å². The second-order valence-corrected chi connectivity index (χ2v) is 1.82. The monoisotopic (exact) mass is 148 g/mol. The molecule has 0 aliphatic heterocycles. The second kappa shape index (κ2) is 2.41. The van der Waals surface area contributed by atoms with E-state index in [9.17, 15) is 0 Å². The van der Waals surface area contributed by atoms with Crippen molar-refractivity contribution in [2.75, 3.05) is 0 Å². The normalized spacial score (nSPS) is 9.82. The van der Waals surface area contributed by atoms with Crippen molar-refractivity contribution in [1.82, 2.24) is 30.2 Å². The van der Waals surface area contributed by atoms with Crippen LogP contribution in [-0.4, -0.2) is 30.2 Å². The summed E-state index contributed by atoms with van der Waals surface area (Å²) in [4.78, 5) is 8.95. The molecule has 0 atom stereocenters. The lowest BCUT2D eigenvalue weighted by molar-refractivity contribution is 0.712. The standard InChI is InChI=1S/C5H4N6/c1-5(2-7-3-6-1)11-9-4-8-10-11/h1-4H. The summed E-state index contributed by atoms with van der Waals surface area (Å²) in [7, 11) is 0. The van der Waals surface area contributed by atoms with Crippen LogP contribution >= 0.6 is 0 Å². The number of rotatable bonds is 1. The van der Waals surface area contributed by atoms with Crippen LogP contribution in [-0.2, 0) is 0 Å². The highest BCUT2D eigenvalue weighted by atomic mass is 15.6. The molecule has 0 fully saturated rings. The molecule has 0 bridgehead atoms. The van der Waals surface area contributed by atoms with E-state index in [-0.39, 0.29) is 0 Å². The Morgan fingerprint density at radius 1 is 1.09 bits per heavy atom. The predicted octanol–water partition coefficient (Wildman–Crippen LogP) is -0.548. The number of hydrogen-bond donors (Lipinski definition) is 0. The van der Waals surface area contributed by atoms with Crippen molar-refractivity contribution in [3.8, 4) is 5.69 Å². The van der Waals surface area contributed by atoms with Gasteiger partial charge < -0.3 is 0 Å². The van der Waals surface area contributed by atoms with Gasteiger partial charge in [0.1, 0.15) is 12.0 Å². The molecule has 0 aliphatic rings. The molecule has 0 unspecified atom stereocenters. The first kappa shape index (κ1) is 5.90.